The summed E-state index contributed by atoms with van der Waals surface area (Å²) in [5.74, 6) is -1.73. The largest absolute Gasteiger partial charge is 0.469 e. The highest BCUT2D eigenvalue weighted by atomic mass is 32.1. The first-order chi connectivity index (χ1) is 13.9. The summed E-state index contributed by atoms with van der Waals surface area (Å²) < 4.78 is 23.0. The summed E-state index contributed by atoms with van der Waals surface area (Å²) in [4.78, 5) is 42.5. The molecule has 0 N–H and O–H groups in total. The second kappa shape index (κ2) is 9.13. The quantitative estimate of drug-likeness (QED) is 0.692. The van der Waals surface area contributed by atoms with Crippen molar-refractivity contribution in [3.8, 4) is 10.6 Å². The van der Waals surface area contributed by atoms with Crippen LogP contribution in [0.25, 0.3) is 10.6 Å². The molecule has 7 nitrogen and oxygen atoms in total. The molecule has 3 rings (SSSR count). The lowest BCUT2D eigenvalue weighted by molar-refractivity contribution is -0.149. The van der Waals surface area contributed by atoms with Gasteiger partial charge in [-0.1, -0.05) is 0 Å². The van der Waals surface area contributed by atoms with Crippen molar-refractivity contribution in [2.45, 2.75) is 19.8 Å². The fourth-order valence-electron chi connectivity index (χ4n) is 3.12. The zero-order chi connectivity index (χ0) is 21.0. The Morgan fingerprint density at radius 2 is 1.86 bits per heavy atom. The highest BCUT2D eigenvalue weighted by Gasteiger charge is 2.28. The second-order valence-electron chi connectivity index (χ2n) is 6.69. The molecule has 1 aromatic heterocycles. The highest BCUT2D eigenvalue weighted by Crippen LogP contribution is 2.28. The van der Waals surface area contributed by atoms with Crippen molar-refractivity contribution in [1.82, 2.24) is 9.88 Å². The lowest BCUT2D eigenvalue weighted by Crippen LogP contribution is -2.42. The molecule has 1 aliphatic heterocycles. The number of aromatic nitrogens is 1. The van der Waals surface area contributed by atoms with Crippen LogP contribution in [-0.2, 0) is 19.1 Å². The third-order valence-corrected chi connectivity index (χ3v) is 5.97. The Morgan fingerprint density at radius 1 is 1.21 bits per heavy atom. The fraction of sp³-hybridized carbons (Fsp3) is 0.400. The van der Waals surface area contributed by atoms with Crippen LogP contribution in [0.1, 0.15) is 28.2 Å². The number of piperidine rings is 1. The molecule has 29 heavy (non-hydrogen) atoms. The van der Waals surface area contributed by atoms with E-state index in [0.717, 1.165) is 11.3 Å². The van der Waals surface area contributed by atoms with Gasteiger partial charge in [0.25, 0.3) is 5.91 Å². The number of hydrogen-bond donors (Lipinski definition) is 0. The molecule has 1 amide bonds. The van der Waals surface area contributed by atoms with Crippen molar-refractivity contribution >= 4 is 29.2 Å². The van der Waals surface area contributed by atoms with Crippen LogP contribution in [-0.4, -0.2) is 54.5 Å². The molecule has 1 aliphatic rings. The van der Waals surface area contributed by atoms with E-state index in [1.54, 1.807) is 24.0 Å². The second-order valence-corrected chi connectivity index (χ2v) is 7.69. The number of aryl methyl sites for hydroxylation is 1. The zero-order valence-corrected chi connectivity index (χ0v) is 17.0. The first kappa shape index (κ1) is 20.9. The molecule has 0 aliphatic carbocycles. The van der Waals surface area contributed by atoms with Crippen molar-refractivity contribution in [1.29, 1.82) is 0 Å². The normalized spacial score (nSPS) is 14.5. The molecule has 2 aromatic rings. The predicted octanol–water partition coefficient (Wildman–Crippen LogP) is 2.83. The van der Waals surface area contributed by atoms with Crippen LogP contribution in [0, 0.1) is 18.7 Å². The average Bonchev–Trinajstić information content (AvgIpc) is 3.13. The number of thiazole rings is 1. The molecule has 0 bridgehead atoms. The van der Waals surface area contributed by atoms with Crippen molar-refractivity contribution in [3.63, 3.8) is 0 Å². The van der Waals surface area contributed by atoms with E-state index in [4.69, 9.17) is 9.47 Å². The van der Waals surface area contributed by atoms with E-state index < -0.39 is 5.97 Å². The van der Waals surface area contributed by atoms with Gasteiger partial charge >= 0.3 is 11.9 Å². The van der Waals surface area contributed by atoms with E-state index in [1.165, 1.54) is 19.2 Å². The number of nitrogens with zero attached hydrogens (tertiary/aromatic N) is 2. The van der Waals surface area contributed by atoms with Crippen LogP contribution in [0.5, 0.6) is 0 Å². The SMILES string of the molecule is COC(=O)C1CCN(C(=O)COC(=O)c2sc(-c3ccc(F)cc3)nc2C)CC1. The molecule has 0 atom stereocenters. The molecular weight excluding hydrogens is 399 g/mol. The number of hydrogen-bond acceptors (Lipinski definition) is 7. The fourth-order valence-corrected chi connectivity index (χ4v) is 4.08. The van der Waals surface area contributed by atoms with E-state index in [0.29, 0.717) is 47.1 Å². The topological polar surface area (TPSA) is 85.8 Å². The van der Waals surface area contributed by atoms with Gasteiger partial charge in [0.2, 0.25) is 0 Å². The number of likely N-dealkylation sites (tertiary alicyclic amines) is 1. The number of benzene rings is 1. The third kappa shape index (κ3) is 4.97. The molecule has 154 valence electrons. The molecule has 2 heterocycles. The monoisotopic (exact) mass is 420 g/mol. The lowest BCUT2D eigenvalue weighted by atomic mass is 9.97. The van der Waals surface area contributed by atoms with Crippen LogP contribution < -0.4 is 0 Å². The molecule has 1 fully saturated rings. The molecule has 1 aromatic carbocycles. The zero-order valence-electron chi connectivity index (χ0n) is 16.1. The molecule has 0 unspecified atom stereocenters. The predicted molar refractivity (Wildman–Crippen MR) is 104 cm³/mol. The number of esters is 2. The van der Waals surface area contributed by atoms with Gasteiger partial charge in [0.1, 0.15) is 15.7 Å². The van der Waals surface area contributed by atoms with Gasteiger partial charge in [0.05, 0.1) is 18.7 Å². The molecule has 9 heteroatoms. The number of ether oxygens (including phenoxy) is 2. The Hall–Kier alpha value is -2.81. The minimum Gasteiger partial charge on any atom is -0.469 e. The number of methoxy groups -OCH3 is 1. The van der Waals surface area contributed by atoms with Crippen LogP contribution in [0.4, 0.5) is 4.39 Å². The van der Waals surface area contributed by atoms with Crippen LogP contribution in [0.15, 0.2) is 24.3 Å². The van der Waals surface area contributed by atoms with E-state index in [-0.39, 0.29) is 30.2 Å². The average molecular weight is 420 g/mol. The molecule has 0 spiro atoms. The van der Waals surface area contributed by atoms with Crippen LogP contribution >= 0.6 is 11.3 Å². The highest BCUT2D eigenvalue weighted by molar-refractivity contribution is 7.17. The maximum Gasteiger partial charge on any atom is 0.350 e. The lowest BCUT2D eigenvalue weighted by Gasteiger charge is -2.30. The summed E-state index contributed by atoms with van der Waals surface area (Å²) in [6, 6.07) is 5.83. The van der Waals surface area contributed by atoms with Gasteiger partial charge in [-0.3, -0.25) is 9.59 Å². The van der Waals surface area contributed by atoms with Gasteiger partial charge in [0, 0.05) is 18.7 Å². The molecule has 0 saturated carbocycles. The number of amides is 1. The molecular formula is C20H21FN2O5S. The number of carbonyl (C=O) groups is 3. The first-order valence-corrected chi connectivity index (χ1v) is 9.96. The van der Waals surface area contributed by atoms with Crippen molar-refractivity contribution < 1.29 is 28.2 Å². The van der Waals surface area contributed by atoms with Gasteiger partial charge in [-0.15, -0.1) is 11.3 Å². The summed E-state index contributed by atoms with van der Waals surface area (Å²) in [7, 11) is 1.35. The van der Waals surface area contributed by atoms with E-state index in [1.807, 2.05) is 0 Å². The number of carbonyl (C=O) groups excluding carboxylic acids is 3. The van der Waals surface area contributed by atoms with Crippen molar-refractivity contribution in [3.05, 3.63) is 40.7 Å². The van der Waals surface area contributed by atoms with E-state index in [2.05, 4.69) is 4.98 Å². The summed E-state index contributed by atoms with van der Waals surface area (Å²) >= 11 is 1.14. The minimum absolute atomic E-state index is 0.198. The van der Waals surface area contributed by atoms with Crippen LogP contribution in [0.3, 0.4) is 0 Å². The van der Waals surface area contributed by atoms with Gasteiger partial charge in [0.15, 0.2) is 6.61 Å². The third-order valence-electron chi connectivity index (χ3n) is 4.78. The van der Waals surface area contributed by atoms with Gasteiger partial charge < -0.3 is 14.4 Å². The summed E-state index contributed by atoms with van der Waals surface area (Å²) in [5.41, 5.74) is 1.19. The number of halogens is 1. The first-order valence-electron chi connectivity index (χ1n) is 9.15. The van der Waals surface area contributed by atoms with E-state index in [9.17, 15) is 18.8 Å². The summed E-state index contributed by atoms with van der Waals surface area (Å²) in [6.45, 7) is 2.15. The smallest absolute Gasteiger partial charge is 0.350 e. The van der Waals surface area contributed by atoms with Crippen LogP contribution in [0.2, 0.25) is 0 Å². The molecule has 1 saturated heterocycles. The maximum atomic E-state index is 13.1. The van der Waals surface area contributed by atoms with Gasteiger partial charge in [-0.05, 0) is 44.0 Å². The Balaban J connectivity index is 1.55. The maximum absolute atomic E-state index is 13.1. The minimum atomic E-state index is -0.619. The molecule has 0 radical (unpaired) electrons. The van der Waals surface area contributed by atoms with Gasteiger partial charge in [-0.2, -0.15) is 0 Å². The van der Waals surface area contributed by atoms with Crippen molar-refractivity contribution in [2.75, 3.05) is 26.8 Å². The Kier molecular flexibility index (Phi) is 6.58. The summed E-state index contributed by atoms with van der Waals surface area (Å²) in [5, 5.41) is 0.575. The Labute approximate surface area is 171 Å². The number of rotatable bonds is 5. The van der Waals surface area contributed by atoms with Gasteiger partial charge in [-0.25, -0.2) is 14.2 Å². The Bertz CT molecular complexity index is 904. The summed E-state index contributed by atoms with van der Waals surface area (Å²) in [6.07, 6.45) is 1.06. The Morgan fingerprint density at radius 3 is 2.48 bits per heavy atom. The van der Waals surface area contributed by atoms with E-state index >= 15 is 0 Å². The van der Waals surface area contributed by atoms with Crippen molar-refractivity contribution in [2.24, 2.45) is 5.92 Å². The standard InChI is InChI=1S/C20H21FN2O5S/c1-12-17(29-18(22-12)13-3-5-15(21)6-4-13)20(26)28-11-16(24)23-9-7-14(8-10-23)19(25)27-2/h3-6,14H,7-11H2,1-2H3.